The molecule has 1 aromatic carbocycles. The summed E-state index contributed by atoms with van der Waals surface area (Å²) < 4.78 is 23.1. The van der Waals surface area contributed by atoms with Gasteiger partial charge in [-0.05, 0) is 45.9 Å². The molecule has 2 saturated heterocycles. The number of benzene rings is 1. The second-order valence-corrected chi connectivity index (χ2v) is 9.66. The number of nitrogens with zero attached hydrogens (tertiary/aromatic N) is 5. The molecule has 158 valence electrons. The number of aromatic hydroxyl groups is 1. The van der Waals surface area contributed by atoms with Crippen molar-refractivity contribution in [2.24, 2.45) is 0 Å². The molecule has 0 spiro atoms. The quantitative estimate of drug-likeness (QED) is 0.679. The zero-order valence-corrected chi connectivity index (χ0v) is 17.9. The normalized spacial score (nSPS) is 31.2. The number of phenolic OH excluding ortho intramolecular Hbond substituents is 1. The molecular formula is C21H24FN5O2S. The predicted molar refractivity (Wildman–Crippen MR) is 112 cm³/mol. The van der Waals surface area contributed by atoms with E-state index in [4.69, 9.17) is 4.74 Å². The Morgan fingerprint density at radius 1 is 1.27 bits per heavy atom. The second-order valence-electron chi connectivity index (χ2n) is 8.72. The Morgan fingerprint density at radius 3 is 2.83 bits per heavy atom. The summed E-state index contributed by atoms with van der Waals surface area (Å²) in [6.07, 6.45) is 5.86. The second kappa shape index (κ2) is 6.75. The average Bonchev–Trinajstić information content (AvgIpc) is 3.44. The molecular weight excluding hydrogens is 405 g/mol. The van der Waals surface area contributed by atoms with E-state index in [0.717, 1.165) is 18.5 Å². The van der Waals surface area contributed by atoms with E-state index < -0.39 is 17.8 Å². The standard InChI is InChI=1S/C21H24FN5O2S/c1-20-6-7-21(2,26(20)3)17(22)16(11-20)29-19-25-24-18(30-19)14-5-4-13(10-15(14)28)27-9-8-23-12-27/h4-5,8-10,12,16-17,28H,6-7,11H2,1-3H3/t16-,17+,20-,21+/m0/s1. The van der Waals surface area contributed by atoms with E-state index in [1.807, 2.05) is 20.0 Å². The van der Waals surface area contributed by atoms with Crippen molar-refractivity contribution in [2.75, 3.05) is 7.05 Å². The Kier molecular flexibility index (Phi) is 4.37. The summed E-state index contributed by atoms with van der Waals surface area (Å²) in [5.74, 6) is 0.0876. The number of piperidine rings is 1. The number of aromatic nitrogens is 4. The molecule has 3 aromatic rings. The van der Waals surface area contributed by atoms with Crippen molar-refractivity contribution in [3.63, 3.8) is 0 Å². The van der Waals surface area contributed by atoms with Gasteiger partial charge in [0, 0.05) is 30.4 Å². The molecule has 2 fully saturated rings. The van der Waals surface area contributed by atoms with E-state index in [1.54, 1.807) is 35.4 Å². The first-order valence-corrected chi connectivity index (χ1v) is 10.8. The monoisotopic (exact) mass is 429 g/mol. The van der Waals surface area contributed by atoms with Crippen LogP contribution in [0.4, 0.5) is 4.39 Å². The Morgan fingerprint density at radius 2 is 2.10 bits per heavy atom. The minimum absolute atomic E-state index is 0.0725. The molecule has 30 heavy (non-hydrogen) atoms. The van der Waals surface area contributed by atoms with Gasteiger partial charge in [-0.1, -0.05) is 16.4 Å². The summed E-state index contributed by atoms with van der Waals surface area (Å²) in [6, 6.07) is 5.30. The summed E-state index contributed by atoms with van der Waals surface area (Å²) in [5, 5.41) is 19.6. The van der Waals surface area contributed by atoms with Crippen molar-refractivity contribution in [3.05, 3.63) is 36.9 Å². The average molecular weight is 430 g/mol. The SMILES string of the molecule is CN1[C@@]2(C)CC[C@]1(C)[C@H](F)[C@@H](Oc1nnc(-c3ccc(-n4ccnc4)cc3O)s1)C2. The molecule has 2 bridgehead atoms. The van der Waals surface area contributed by atoms with Crippen molar-refractivity contribution in [3.8, 4) is 27.2 Å². The minimum atomic E-state index is -1.10. The molecule has 5 rings (SSSR count). The van der Waals surface area contributed by atoms with Gasteiger partial charge in [0.25, 0.3) is 5.19 Å². The summed E-state index contributed by atoms with van der Waals surface area (Å²) in [4.78, 5) is 6.19. The van der Waals surface area contributed by atoms with Gasteiger partial charge in [-0.25, -0.2) is 9.37 Å². The van der Waals surface area contributed by atoms with E-state index in [9.17, 15) is 5.11 Å². The fourth-order valence-electron chi connectivity index (χ4n) is 4.84. The van der Waals surface area contributed by atoms with Crippen LogP contribution in [0.1, 0.15) is 33.1 Å². The van der Waals surface area contributed by atoms with Crippen molar-refractivity contribution in [1.82, 2.24) is 24.6 Å². The van der Waals surface area contributed by atoms with E-state index in [1.165, 1.54) is 11.3 Å². The molecule has 1 N–H and O–H groups in total. The van der Waals surface area contributed by atoms with Crippen LogP contribution in [0.15, 0.2) is 36.9 Å². The topological polar surface area (TPSA) is 76.3 Å². The molecule has 0 aliphatic carbocycles. The number of hydrogen-bond acceptors (Lipinski definition) is 7. The van der Waals surface area contributed by atoms with Gasteiger partial charge in [0.1, 0.15) is 11.9 Å². The third-order valence-electron chi connectivity index (χ3n) is 6.98. The Balaban J connectivity index is 1.37. The summed E-state index contributed by atoms with van der Waals surface area (Å²) in [5.41, 5.74) is 0.757. The fourth-order valence-corrected chi connectivity index (χ4v) is 5.63. The van der Waals surface area contributed by atoms with Crippen molar-refractivity contribution < 1.29 is 14.2 Å². The Bertz CT molecular complexity index is 1070. The van der Waals surface area contributed by atoms with E-state index in [0.29, 0.717) is 22.2 Å². The number of halogens is 1. The highest BCUT2D eigenvalue weighted by atomic mass is 32.1. The van der Waals surface area contributed by atoms with Gasteiger partial charge in [0.15, 0.2) is 11.2 Å². The molecule has 4 heterocycles. The van der Waals surface area contributed by atoms with Crippen LogP contribution in [-0.4, -0.2) is 60.2 Å². The van der Waals surface area contributed by atoms with E-state index in [2.05, 4.69) is 27.0 Å². The van der Waals surface area contributed by atoms with Crippen LogP contribution >= 0.6 is 11.3 Å². The Labute approximate surface area is 178 Å². The Hall–Kier alpha value is -2.52. The van der Waals surface area contributed by atoms with Gasteiger partial charge in [-0.2, -0.15) is 0 Å². The highest BCUT2D eigenvalue weighted by Gasteiger charge is 2.60. The molecule has 0 amide bonds. The number of imidazole rings is 1. The molecule has 0 saturated carbocycles. The van der Waals surface area contributed by atoms with Gasteiger partial charge in [0.2, 0.25) is 0 Å². The van der Waals surface area contributed by atoms with Crippen LogP contribution in [0.5, 0.6) is 10.9 Å². The molecule has 2 aliphatic rings. The number of hydrogen-bond donors (Lipinski definition) is 1. The van der Waals surface area contributed by atoms with Crippen LogP contribution < -0.4 is 4.74 Å². The lowest BCUT2D eigenvalue weighted by Crippen LogP contribution is -2.63. The predicted octanol–water partition coefficient (Wildman–Crippen LogP) is 3.83. The number of rotatable bonds is 4. The maximum absolute atomic E-state index is 15.3. The third kappa shape index (κ3) is 2.91. The zero-order valence-electron chi connectivity index (χ0n) is 17.1. The summed E-state index contributed by atoms with van der Waals surface area (Å²) in [7, 11) is 2.01. The highest BCUT2D eigenvalue weighted by molar-refractivity contribution is 7.16. The van der Waals surface area contributed by atoms with Gasteiger partial charge < -0.3 is 14.4 Å². The molecule has 2 aliphatic heterocycles. The largest absolute Gasteiger partial charge is 0.507 e. The maximum atomic E-state index is 15.3. The van der Waals surface area contributed by atoms with Gasteiger partial charge >= 0.3 is 0 Å². The van der Waals surface area contributed by atoms with Crippen LogP contribution in [0.2, 0.25) is 0 Å². The maximum Gasteiger partial charge on any atom is 0.294 e. The molecule has 4 atom stereocenters. The lowest BCUT2D eigenvalue weighted by molar-refractivity contribution is -0.0876. The molecule has 2 aromatic heterocycles. The number of phenols is 1. The number of alkyl halides is 1. The third-order valence-corrected chi connectivity index (χ3v) is 7.83. The smallest absolute Gasteiger partial charge is 0.294 e. The number of fused-ring (bicyclic) bond motifs is 2. The first-order valence-electron chi connectivity index (χ1n) is 10.0. The summed E-state index contributed by atoms with van der Waals surface area (Å²) >= 11 is 1.22. The molecule has 7 nitrogen and oxygen atoms in total. The molecule has 9 heteroatoms. The van der Waals surface area contributed by atoms with Crippen LogP contribution in [0.3, 0.4) is 0 Å². The van der Waals surface area contributed by atoms with Gasteiger partial charge in [-0.15, -0.1) is 5.10 Å². The van der Waals surface area contributed by atoms with Crippen LogP contribution in [0.25, 0.3) is 16.3 Å². The van der Waals surface area contributed by atoms with E-state index >= 15 is 4.39 Å². The minimum Gasteiger partial charge on any atom is -0.507 e. The van der Waals surface area contributed by atoms with Crippen molar-refractivity contribution in [2.45, 2.75) is 56.5 Å². The van der Waals surface area contributed by atoms with Gasteiger partial charge in [0.05, 0.1) is 23.1 Å². The summed E-state index contributed by atoms with van der Waals surface area (Å²) in [6.45, 7) is 4.15. The fraction of sp³-hybridized carbons (Fsp3) is 0.476. The lowest BCUT2D eigenvalue weighted by Gasteiger charge is -2.50. The van der Waals surface area contributed by atoms with Crippen LogP contribution in [0, 0.1) is 0 Å². The lowest BCUT2D eigenvalue weighted by atomic mass is 9.82. The number of ether oxygens (including phenoxy) is 1. The molecule has 0 radical (unpaired) electrons. The first kappa shape index (κ1) is 19.4. The van der Waals surface area contributed by atoms with Gasteiger partial charge in [-0.3, -0.25) is 4.90 Å². The van der Waals surface area contributed by atoms with Crippen LogP contribution in [-0.2, 0) is 0 Å². The first-order chi connectivity index (χ1) is 14.3. The molecule has 0 unspecified atom stereocenters. The van der Waals surface area contributed by atoms with Crippen molar-refractivity contribution >= 4 is 11.3 Å². The van der Waals surface area contributed by atoms with E-state index in [-0.39, 0.29) is 11.3 Å². The highest BCUT2D eigenvalue weighted by Crippen LogP contribution is 2.51. The van der Waals surface area contributed by atoms with Crippen molar-refractivity contribution in [1.29, 1.82) is 0 Å². The zero-order chi connectivity index (χ0) is 21.1.